The summed E-state index contributed by atoms with van der Waals surface area (Å²) in [6.07, 6.45) is 8.16. The number of aryl methyl sites for hydroxylation is 1. The van der Waals surface area contributed by atoms with Crippen LogP contribution in [0.1, 0.15) is 41.6 Å². The van der Waals surface area contributed by atoms with Crippen molar-refractivity contribution in [1.29, 1.82) is 0 Å². The van der Waals surface area contributed by atoms with Crippen molar-refractivity contribution in [2.75, 3.05) is 6.54 Å². The Hall–Kier alpha value is -3.98. The fourth-order valence-corrected chi connectivity index (χ4v) is 7.03. The molecule has 2 bridgehead atoms. The summed E-state index contributed by atoms with van der Waals surface area (Å²) in [7, 11) is 1.87. The molecule has 8 rings (SSSR count). The molecule has 1 aliphatic heterocycles. The van der Waals surface area contributed by atoms with Crippen LogP contribution >= 0.6 is 0 Å². The van der Waals surface area contributed by atoms with E-state index in [0.29, 0.717) is 47.3 Å². The summed E-state index contributed by atoms with van der Waals surface area (Å²) in [5.41, 5.74) is 10.7. The average molecular weight is 538 g/mol. The maximum atomic E-state index is 16.1. The van der Waals surface area contributed by atoms with E-state index in [9.17, 15) is 4.79 Å². The zero-order valence-electron chi connectivity index (χ0n) is 22.5. The number of imidazole rings is 1. The summed E-state index contributed by atoms with van der Waals surface area (Å²) >= 11 is 0. The Morgan fingerprint density at radius 1 is 1.10 bits per heavy atom. The number of likely N-dealkylation sites (tertiary alicyclic amines) is 1. The molecular formula is C31H32FN7O. The minimum atomic E-state index is -0.443. The van der Waals surface area contributed by atoms with Crippen LogP contribution in [0.15, 0.2) is 54.9 Å². The second kappa shape index (κ2) is 8.76. The van der Waals surface area contributed by atoms with Gasteiger partial charge in [-0.2, -0.15) is 5.10 Å². The molecule has 2 aromatic carbocycles. The van der Waals surface area contributed by atoms with Crippen molar-refractivity contribution in [2.45, 2.75) is 50.9 Å². The van der Waals surface area contributed by atoms with Crippen LogP contribution in [0.3, 0.4) is 0 Å². The zero-order chi connectivity index (χ0) is 27.1. The molecule has 3 aliphatic rings. The number of benzene rings is 2. The first-order valence-corrected chi connectivity index (χ1v) is 14.3. The SMILES string of the molecule is Cn1cc(Cn2c(-c3cc4ccccc4n3CC3CC3)nc3cc(C(=O)N4CC5CCC4[C@@H]5N)cc(F)c32)cn1. The minimum absolute atomic E-state index is 0.0104. The summed E-state index contributed by atoms with van der Waals surface area (Å²) in [6.45, 7) is 1.97. The molecule has 0 spiro atoms. The van der Waals surface area contributed by atoms with Crippen molar-refractivity contribution in [3.63, 3.8) is 0 Å². The van der Waals surface area contributed by atoms with E-state index < -0.39 is 5.82 Å². The van der Waals surface area contributed by atoms with Crippen LogP contribution in [0.2, 0.25) is 0 Å². The molecule has 8 nitrogen and oxygen atoms in total. The largest absolute Gasteiger partial charge is 0.338 e. The monoisotopic (exact) mass is 537 g/mol. The van der Waals surface area contributed by atoms with Gasteiger partial charge in [0, 0.05) is 60.4 Å². The van der Waals surface area contributed by atoms with Gasteiger partial charge >= 0.3 is 0 Å². The van der Waals surface area contributed by atoms with Crippen molar-refractivity contribution < 1.29 is 9.18 Å². The highest BCUT2D eigenvalue weighted by Crippen LogP contribution is 2.39. The lowest BCUT2D eigenvalue weighted by Gasteiger charge is -2.27. The van der Waals surface area contributed by atoms with Crippen molar-refractivity contribution in [3.8, 4) is 11.5 Å². The number of nitrogens with zero attached hydrogens (tertiary/aromatic N) is 6. The normalized spacial score (nSPS) is 22.3. The number of hydrogen-bond acceptors (Lipinski definition) is 4. The first-order valence-electron chi connectivity index (χ1n) is 14.3. The van der Waals surface area contributed by atoms with Crippen LogP contribution in [0.4, 0.5) is 4.39 Å². The van der Waals surface area contributed by atoms with Gasteiger partial charge < -0.3 is 19.8 Å². The maximum Gasteiger partial charge on any atom is 0.254 e. The highest BCUT2D eigenvalue weighted by Gasteiger charge is 2.47. The number of nitrogens with two attached hydrogens (primary N) is 1. The number of carbonyl (C=O) groups is 1. The van der Waals surface area contributed by atoms with E-state index in [1.54, 1.807) is 16.9 Å². The molecule has 4 heterocycles. The van der Waals surface area contributed by atoms with Crippen LogP contribution in [0, 0.1) is 17.7 Å². The Labute approximate surface area is 231 Å². The highest BCUT2D eigenvalue weighted by molar-refractivity contribution is 5.99. The van der Waals surface area contributed by atoms with Crippen LogP contribution in [0.5, 0.6) is 0 Å². The molecule has 1 saturated heterocycles. The molecule has 2 aliphatic carbocycles. The quantitative estimate of drug-likeness (QED) is 0.344. The number of rotatable bonds is 6. The standard InChI is InChI=1S/C31H32FN7O/c1-36-14-19(13-34-36)16-39-29-23(32)10-22(31(40)38-17-21-8-9-26(38)28(21)33)11-24(29)35-30(39)27-12-20-4-2-3-5-25(20)37(27)15-18-6-7-18/h2-5,10-14,18,21,26,28H,6-9,15-17,33H2,1H3/t21?,26?,28-/m1/s1. The smallest absolute Gasteiger partial charge is 0.254 e. The van der Waals surface area contributed by atoms with Gasteiger partial charge in [0.15, 0.2) is 5.82 Å². The molecule has 9 heteroatoms. The molecule has 0 radical (unpaired) electrons. The van der Waals surface area contributed by atoms with Gasteiger partial charge in [-0.1, -0.05) is 18.2 Å². The third kappa shape index (κ3) is 3.71. The number of para-hydroxylation sites is 1. The molecule has 5 aromatic rings. The number of amides is 1. The number of hydrogen-bond donors (Lipinski definition) is 1. The fraction of sp³-hybridized carbons (Fsp3) is 0.387. The zero-order valence-corrected chi connectivity index (χ0v) is 22.5. The number of fused-ring (bicyclic) bond motifs is 4. The Morgan fingerprint density at radius 2 is 1.95 bits per heavy atom. The maximum absolute atomic E-state index is 16.1. The number of aromatic nitrogens is 5. The van der Waals surface area contributed by atoms with Gasteiger partial charge in [0.05, 0.1) is 24.0 Å². The Morgan fingerprint density at radius 3 is 2.67 bits per heavy atom. The number of carbonyl (C=O) groups excluding carboxylic acids is 1. The van der Waals surface area contributed by atoms with Gasteiger partial charge in [0.2, 0.25) is 0 Å². The van der Waals surface area contributed by atoms with Crippen molar-refractivity contribution in [2.24, 2.45) is 24.6 Å². The Balaban J connectivity index is 1.29. The van der Waals surface area contributed by atoms with Crippen molar-refractivity contribution in [3.05, 3.63) is 71.8 Å². The molecule has 2 N–H and O–H groups in total. The topological polar surface area (TPSA) is 86.9 Å². The van der Waals surface area contributed by atoms with Crippen LogP contribution < -0.4 is 5.73 Å². The average Bonchev–Trinajstić information content (AvgIpc) is 3.22. The van der Waals surface area contributed by atoms with E-state index in [-0.39, 0.29) is 18.0 Å². The van der Waals surface area contributed by atoms with Crippen LogP contribution in [-0.4, -0.2) is 53.3 Å². The van der Waals surface area contributed by atoms with Gasteiger partial charge in [-0.25, -0.2) is 9.37 Å². The minimum Gasteiger partial charge on any atom is -0.338 e. The summed E-state index contributed by atoms with van der Waals surface area (Å²) in [5, 5.41) is 5.47. The molecule has 2 unspecified atom stereocenters. The lowest BCUT2D eigenvalue weighted by atomic mass is 10.1. The molecule has 40 heavy (non-hydrogen) atoms. The third-order valence-corrected chi connectivity index (χ3v) is 9.23. The lowest BCUT2D eigenvalue weighted by Crippen LogP contribution is -2.41. The van der Waals surface area contributed by atoms with Crippen LogP contribution in [0.25, 0.3) is 33.5 Å². The number of halogens is 1. The molecule has 3 fully saturated rings. The summed E-state index contributed by atoms with van der Waals surface area (Å²) in [5.74, 6) is 1.08. The Kier molecular flexibility index (Phi) is 5.23. The van der Waals surface area contributed by atoms with Crippen LogP contribution in [-0.2, 0) is 20.1 Å². The van der Waals surface area contributed by atoms with Gasteiger partial charge in [-0.15, -0.1) is 0 Å². The van der Waals surface area contributed by atoms with Gasteiger partial charge in [0.1, 0.15) is 11.3 Å². The van der Waals surface area contributed by atoms with E-state index >= 15 is 4.39 Å². The van der Waals surface area contributed by atoms with Gasteiger partial charge in [-0.05, 0) is 61.8 Å². The van der Waals surface area contributed by atoms with E-state index in [1.165, 1.54) is 18.9 Å². The first-order chi connectivity index (χ1) is 19.4. The Bertz CT molecular complexity index is 1790. The van der Waals surface area contributed by atoms with E-state index in [4.69, 9.17) is 10.7 Å². The van der Waals surface area contributed by atoms with Gasteiger partial charge in [-0.3, -0.25) is 9.48 Å². The second-order valence-electron chi connectivity index (χ2n) is 12.0. The van der Waals surface area contributed by atoms with E-state index in [0.717, 1.165) is 41.5 Å². The fourth-order valence-electron chi connectivity index (χ4n) is 7.03. The third-order valence-electron chi connectivity index (χ3n) is 9.23. The molecule has 2 saturated carbocycles. The predicted octanol–water partition coefficient (Wildman–Crippen LogP) is 4.55. The van der Waals surface area contributed by atoms with Gasteiger partial charge in [0.25, 0.3) is 5.91 Å². The molecule has 3 aromatic heterocycles. The molecule has 3 atom stereocenters. The first kappa shape index (κ1) is 23.9. The highest BCUT2D eigenvalue weighted by atomic mass is 19.1. The number of piperidine rings is 1. The predicted molar refractivity (Wildman–Crippen MR) is 151 cm³/mol. The van der Waals surface area contributed by atoms with E-state index in [1.807, 2.05) is 28.8 Å². The summed E-state index contributed by atoms with van der Waals surface area (Å²) in [4.78, 5) is 20.5. The molecular weight excluding hydrogens is 505 g/mol. The summed E-state index contributed by atoms with van der Waals surface area (Å²) < 4.78 is 22.1. The lowest BCUT2D eigenvalue weighted by molar-refractivity contribution is 0.0700. The van der Waals surface area contributed by atoms with E-state index in [2.05, 4.69) is 33.9 Å². The van der Waals surface area contributed by atoms with Crippen molar-refractivity contribution in [1.82, 2.24) is 28.8 Å². The molecule has 204 valence electrons. The second-order valence-corrected chi connectivity index (χ2v) is 12.0. The molecule has 1 amide bonds. The summed E-state index contributed by atoms with van der Waals surface area (Å²) in [6, 6.07) is 13.7. The van der Waals surface area contributed by atoms with Crippen molar-refractivity contribution >= 4 is 27.8 Å².